The fourth-order valence-electron chi connectivity index (χ4n) is 1.64. The molecule has 2 aromatic rings. The van der Waals surface area contributed by atoms with Gasteiger partial charge in [0.1, 0.15) is 5.01 Å². The highest BCUT2D eigenvalue weighted by atomic mass is 32.1. The molecule has 1 aromatic carbocycles. The van der Waals surface area contributed by atoms with Crippen molar-refractivity contribution in [1.82, 2.24) is 4.98 Å². The van der Waals surface area contributed by atoms with Crippen LogP contribution in [0, 0.1) is 6.92 Å². The fourth-order valence-corrected chi connectivity index (χ4v) is 2.59. The SMILES string of the molecule is Cc1ccccc1-c1nc(CCCN)cs1. The molecule has 0 unspecified atom stereocenters. The maximum atomic E-state index is 5.49. The molecule has 0 bridgehead atoms. The average molecular weight is 232 g/mol. The molecule has 0 radical (unpaired) electrons. The van der Waals surface area contributed by atoms with E-state index in [1.165, 1.54) is 11.1 Å². The lowest BCUT2D eigenvalue weighted by molar-refractivity contribution is 0.816. The van der Waals surface area contributed by atoms with Crippen LogP contribution in [0.25, 0.3) is 10.6 Å². The first-order valence-electron chi connectivity index (χ1n) is 5.51. The molecule has 1 aromatic heterocycles. The molecule has 0 aliphatic heterocycles. The summed E-state index contributed by atoms with van der Waals surface area (Å²) in [5.41, 5.74) is 9.18. The van der Waals surface area contributed by atoms with Gasteiger partial charge < -0.3 is 5.73 Å². The lowest BCUT2D eigenvalue weighted by Crippen LogP contribution is -2.00. The van der Waals surface area contributed by atoms with Crippen LogP contribution in [0.4, 0.5) is 0 Å². The van der Waals surface area contributed by atoms with Crippen molar-refractivity contribution < 1.29 is 0 Å². The quantitative estimate of drug-likeness (QED) is 0.880. The maximum absolute atomic E-state index is 5.49. The molecule has 0 fully saturated rings. The Hall–Kier alpha value is -1.19. The Morgan fingerprint density at radius 1 is 1.31 bits per heavy atom. The highest BCUT2D eigenvalue weighted by Gasteiger charge is 2.06. The summed E-state index contributed by atoms with van der Waals surface area (Å²) in [7, 11) is 0. The van der Waals surface area contributed by atoms with Crippen LogP contribution in [0.5, 0.6) is 0 Å². The van der Waals surface area contributed by atoms with E-state index in [4.69, 9.17) is 5.73 Å². The number of hydrogen-bond donors (Lipinski definition) is 1. The molecular weight excluding hydrogens is 216 g/mol. The molecule has 0 aliphatic rings. The van der Waals surface area contributed by atoms with Crippen molar-refractivity contribution in [2.24, 2.45) is 5.73 Å². The highest BCUT2D eigenvalue weighted by molar-refractivity contribution is 7.13. The zero-order valence-corrected chi connectivity index (χ0v) is 10.3. The first kappa shape index (κ1) is 11.3. The number of aromatic nitrogens is 1. The molecule has 2 nitrogen and oxygen atoms in total. The molecule has 0 spiro atoms. The van der Waals surface area contributed by atoms with E-state index >= 15 is 0 Å². The number of hydrogen-bond acceptors (Lipinski definition) is 3. The zero-order chi connectivity index (χ0) is 11.4. The topological polar surface area (TPSA) is 38.9 Å². The van der Waals surface area contributed by atoms with Gasteiger partial charge in [0.2, 0.25) is 0 Å². The van der Waals surface area contributed by atoms with Gasteiger partial charge in [0.25, 0.3) is 0 Å². The summed E-state index contributed by atoms with van der Waals surface area (Å²) in [5, 5.41) is 3.25. The van der Waals surface area contributed by atoms with E-state index in [2.05, 4.69) is 41.6 Å². The summed E-state index contributed by atoms with van der Waals surface area (Å²) in [6.45, 7) is 2.85. The van der Waals surface area contributed by atoms with Crippen molar-refractivity contribution in [3.8, 4) is 10.6 Å². The molecule has 0 saturated heterocycles. The van der Waals surface area contributed by atoms with E-state index in [1.54, 1.807) is 11.3 Å². The van der Waals surface area contributed by atoms with Crippen molar-refractivity contribution in [2.45, 2.75) is 19.8 Å². The summed E-state index contributed by atoms with van der Waals surface area (Å²) < 4.78 is 0. The van der Waals surface area contributed by atoms with Crippen molar-refractivity contribution in [3.05, 3.63) is 40.9 Å². The van der Waals surface area contributed by atoms with Gasteiger partial charge in [-0.25, -0.2) is 4.98 Å². The van der Waals surface area contributed by atoms with Crippen molar-refractivity contribution in [1.29, 1.82) is 0 Å². The highest BCUT2D eigenvalue weighted by Crippen LogP contribution is 2.26. The standard InChI is InChI=1S/C13H16N2S/c1-10-5-2-3-7-12(10)13-15-11(9-16-13)6-4-8-14/h2-3,5,7,9H,4,6,8,14H2,1H3. The second kappa shape index (κ2) is 5.23. The predicted molar refractivity (Wildman–Crippen MR) is 69.7 cm³/mol. The van der Waals surface area contributed by atoms with Gasteiger partial charge in [-0.05, 0) is 31.9 Å². The molecule has 0 atom stereocenters. The summed E-state index contributed by atoms with van der Waals surface area (Å²) in [6.07, 6.45) is 2.00. The fraction of sp³-hybridized carbons (Fsp3) is 0.308. The monoisotopic (exact) mass is 232 g/mol. The summed E-state index contributed by atoms with van der Waals surface area (Å²) in [4.78, 5) is 4.64. The Bertz CT molecular complexity index is 462. The number of thiazole rings is 1. The van der Waals surface area contributed by atoms with Gasteiger partial charge in [0, 0.05) is 10.9 Å². The predicted octanol–water partition coefficient (Wildman–Crippen LogP) is 3.01. The molecule has 84 valence electrons. The normalized spacial score (nSPS) is 10.6. The average Bonchev–Trinajstić information content (AvgIpc) is 2.75. The van der Waals surface area contributed by atoms with Gasteiger partial charge >= 0.3 is 0 Å². The third-order valence-electron chi connectivity index (χ3n) is 2.56. The van der Waals surface area contributed by atoms with Crippen LogP contribution in [0.3, 0.4) is 0 Å². The van der Waals surface area contributed by atoms with E-state index in [-0.39, 0.29) is 0 Å². The Labute approximate surface area is 100 Å². The minimum atomic E-state index is 0.733. The molecule has 2 N–H and O–H groups in total. The maximum Gasteiger partial charge on any atom is 0.123 e. The lowest BCUT2D eigenvalue weighted by atomic mass is 10.1. The summed E-state index contributed by atoms with van der Waals surface area (Å²) in [6, 6.07) is 8.36. The van der Waals surface area contributed by atoms with Crippen LogP contribution in [-0.4, -0.2) is 11.5 Å². The van der Waals surface area contributed by atoms with Crippen LogP contribution < -0.4 is 5.73 Å². The van der Waals surface area contributed by atoms with Gasteiger partial charge in [-0.1, -0.05) is 24.3 Å². The van der Waals surface area contributed by atoms with Crippen LogP contribution >= 0.6 is 11.3 Å². The van der Waals surface area contributed by atoms with Crippen LogP contribution in [-0.2, 0) is 6.42 Å². The Morgan fingerprint density at radius 2 is 2.12 bits per heavy atom. The van der Waals surface area contributed by atoms with Crippen molar-refractivity contribution in [2.75, 3.05) is 6.54 Å². The molecule has 0 saturated carbocycles. The van der Waals surface area contributed by atoms with Crippen LogP contribution in [0.15, 0.2) is 29.6 Å². The van der Waals surface area contributed by atoms with Gasteiger partial charge in [-0.15, -0.1) is 11.3 Å². The van der Waals surface area contributed by atoms with Crippen LogP contribution in [0.1, 0.15) is 17.7 Å². The van der Waals surface area contributed by atoms with Crippen molar-refractivity contribution >= 4 is 11.3 Å². The van der Waals surface area contributed by atoms with Gasteiger partial charge in [-0.3, -0.25) is 0 Å². The second-order valence-corrected chi connectivity index (χ2v) is 4.71. The number of nitrogens with zero attached hydrogens (tertiary/aromatic N) is 1. The molecule has 3 heteroatoms. The Balaban J connectivity index is 2.22. The second-order valence-electron chi connectivity index (χ2n) is 3.85. The molecule has 2 rings (SSSR count). The first-order valence-corrected chi connectivity index (χ1v) is 6.39. The molecular formula is C13H16N2S. The van der Waals surface area contributed by atoms with E-state index in [9.17, 15) is 0 Å². The largest absolute Gasteiger partial charge is 0.330 e. The Kier molecular flexibility index (Phi) is 3.70. The van der Waals surface area contributed by atoms with Gasteiger partial charge in [0.15, 0.2) is 0 Å². The van der Waals surface area contributed by atoms with Crippen molar-refractivity contribution in [3.63, 3.8) is 0 Å². The minimum Gasteiger partial charge on any atom is -0.330 e. The zero-order valence-electron chi connectivity index (χ0n) is 9.44. The smallest absolute Gasteiger partial charge is 0.123 e. The third-order valence-corrected chi connectivity index (χ3v) is 3.49. The summed E-state index contributed by atoms with van der Waals surface area (Å²) in [5.74, 6) is 0. The molecule has 0 aliphatic carbocycles. The van der Waals surface area contributed by atoms with Crippen LogP contribution in [0.2, 0.25) is 0 Å². The van der Waals surface area contributed by atoms with E-state index in [0.717, 1.165) is 30.1 Å². The number of aryl methyl sites for hydroxylation is 2. The molecule has 1 heterocycles. The first-order chi connectivity index (χ1) is 7.81. The number of rotatable bonds is 4. The van der Waals surface area contributed by atoms with E-state index in [0.29, 0.717) is 0 Å². The van der Waals surface area contributed by atoms with Gasteiger partial charge in [-0.2, -0.15) is 0 Å². The molecule has 16 heavy (non-hydrogen) atoms. The Morgan fingerprint density at radius 3 is 2.88 bits per heavy atom. The minimum absolute atomic E-state index is 0.733. The van der Waals surface area contributed by atoms with E-state index < -0.39 is 0 Å². The lowest BCUT2D eigenvalue weighted by Gasteiger charge is -2.00. The molecule has 0 amide bonds. The summed E-state index contributed by atoms with van der Waals surface area (Å²) >= 11 is 1.72. The number of benzene rings is 1. The van der Waals surface area contributed by atoms with E-state index in [1.807, 2.05) is 0 Å². The van der Waals surface area contributed by atoms with Gasteiger partial charge in [0.05, 0.1) is 5.69 Å². The number of nitrogens with two attached hydrogens (primary N) is 1. The third kappa shape index (κ3) is 2.49.